The monoisotopic (exact) mass is 262 g/mol. The Balaban J connectivity index is 2.08. The Kier molecular flexibility index (Phi) is 4.48. The molecule has 0 aliphatic carbocycles. The number of methoxy groups -OCH3 is 1. The predicted molar refractivity (Wildman–Crippen MR) is 72.2 cm³/mol. The van der Waals surface area contributed by atoms with E-state index >= 15 is 0 Å². The zero-order valence-corrected chi connectivity index (χ0v) is 11.3. The van der Waals surface area contributed by atoms with Gasteiger partial charge < -0.3 is 19.8 Å². The first-order valence-electron chi connectivity index (χ1n) is 6.08. The number of hydrogen-bond acceptors (Lipinski definition) is 6. The lowest BCUT2D eigenvalue weighted by molar-refractivity contribution is 0.185. The van der Waals surface area contributed by atoms with Crippen molar-refractivity contribution in [3.05, 3.63) is 35.7 Å². The highest BCUT2D eigenvalue weighted by molar-refractivity contribution is 5.52. The van der Waals surface area contributed by atoms with Gasteiger partial charge in [0.15, 0.2) is 0 Å². The van der Waals surface area contributed by atoms with Gasteiger partial charge in [0.2, 0.25) is 5.89 Å². The van der Waals surface area contributed by atoms with Gasteiger partial charge in [0, 0.05) is 12.8 Å². The second-order valence-electron chi connectivity index (χ2n) is 4.21. The number of ether oxygens (including phenoxy) is 1. The molecule has 1 heterocycles. The van der Waals surface area contributed by atoms with Crippen LogP contribution in [0.5, 0.6) is 0 Å². The van der Waals surface area contributed by atoms with E-state index < -0.39 is 0 Å². The van der Waals surface area contributed by atoms with Crippen LogP contribution < -0.4 is 10.6 Å². The van der Waals surface area contributed by atoms with Gasteiger partial charge >= 0.3 is 6.01 Å². The molecular weight excluding hydrogens is 244 g/mol. The second-order valence-corrected chi connectivity index (χ2v) is 4.21. The van der Waals surface area contributed by atoms with Crippen molar-refractivity contribution in [3.63, 3.8) is 0 Å². The maximum absolute atomic E-state index is 5.51. The predicted octanol–water partition coefficient (Wildman–Crippen LogP) is 2.24. The summed E-state index contributed by atoms with van der Waals surface area (Å²) in [5, 5.41) is 14.1. The summed E-state index contributed by atoms with van der Waals surface area (Å²) in [7, 11) is 3.51. The molecule has 6 nitrogen and oxygen atoms in total. The molecule has 1 aromatic heterocycles. The molecule has 0 bridgehead atoms. The SMILES string of the molecule is CNC(C)c1nnc(Nc2cccc(COC)c2)o1. The van der Waals surface area contributed by atoms with E-state index in [-0.39, 0.29) is 6.04 Å². The maximum atomic E-state index is 5.51. The number of rotatable bonds is 6. The number of aromatic nitrogens is 2. The summed E-state index contributed by atoms with van der Waals surface area (Å²) in [6.07, 6.45) is 0. The Hall–Kier alpha value is -1.92. The minimum atomic E-state index is 0.0304. The van der Waals surface area contributed by atoms with Crippen LogP contribution in [0.1, 0.15) is 24.4 Å². The summed E-state index contributed by atoms with van der Waals surface area (Å²) in [6.45, 7) is 2.53. The highest BCUT2D eigenvalue weighted by Crippen LogP contribution is 2.19. The summed E-state index contributed by atoms with van der Waals surface area (Å²) < 4.78 is 10.6. The van der Waals surface area contributed by atoms with Gasteiger partial charge in [-0.05, 0) is 31.7 Å². The molecule has 2 N–H and O–H groups in total. The minimum absolute atomic E-state index is 0.0304. The lowest BCUT2D eigenvalue weighted by Gasteiger charge is -2.05. The number of nitrogens with zero attached hydrogens (tertiary/aromatic N) is 2. The van der Waals surface area contributed by atoms with Crippen molar-refractivity contribution >= 4 is 11.7 Å². The van der Waals surface area contributed by atoms with Crippen LogP contribution >= 0.6 is 0 Å². The fourth-order valence-electron chi connectivity index (χ4n) is 1.61. The molecule has 19 heavy (non-hydrogen) atoms. The minimum Gasteiger partial charge on any atom is -0.406 e. The Labute approximate surface area is 112 Å². The van der Waals surface area contributed by atoms with E-state index in [2.05, 4.69) is 20.8 Å². The molecule has 102 valence electrons. The molecule has 0 aliphatic rings. The van der Waals surface area contributed by atoms with Gasteiger partial charge in [0.1, 0.15) is 0 Å². The highest BCUT2D eigenvalue weighted by Gasteiger charge is 2.11. The van der Waals surface area contributed by atoms with Crippen molar-refractivity contribution in [1.82, 2.24) is 15.5 Å². The number of hydrogen-bond donors (Lipinski definition) is 2. The molecule has 0 aliphatic heterocycles. The van der Waals surface area contributed by atoms with E-state index in [1.165, 1.54) is 0 Å². The van der Waals surface area contributed by atoms with Crippen LogP contribution in [-0.4, -0.2) is 24.4 Å². The summed E-state index contributed by atoms with van der Waals surface area (Å²) in [4.78, 5) is 0. The number of benzene rings is 1. The fraction of sp³-hybridized carbons (Fsp3) is 0.385. The van der Waals surface area contributed by atoms with Gasteiger partial charge in [-0.25, -0.2) is 0 Å². The van der Waals surface area contributed by atoms with Crippen molar-refractivity contribution in [2.45, 2.75) is 19.6 Å². The highest BCUT2D eigenvalue weighted by atomic mass is 16.5. The normalized spacial score (nSPS) is 12.4. The standard InChI is InChI=1S/C13H18N4O2/c1-9(14-2)12-16-17-13(19-12)15-11-6-4-5-10(7-11)8-18-3/h4-7,9,14H,8H2,1-3H3,(H,15,17). The van der Waals surface area contributed by atoms with Crippen molar-refractivity contribution in [3.8, 4) is 0 Å². The molecule has 0 spiro atoms. The lowest BCUT2D eigenvalue weighted by atomic mass is 10.2. The molecular formula is C13H18N4O2. The van der Waals surface area contributed by atoms with E-state index in [1.807, 2.05) is 38.2 Å². The van der Waals surface area contributed by atoms with E-state index in [9.17, 15) is 0 Å². The van der Waals surface area contributed by atoms with Gasteiger partial charge in [0.05, 0.1) is 12.6 Å². The van der Waals surface area contributed by atoms with Gasteiger partial charge in [-0.3, -0.25) is 0 Å². The number of nitrogens with one attached hydrogen (secondary N) is 2. The molecule has 0 saturated carbocycles. The van der Waals surface area contributed by atoms with Crippen LogP contribution in [0.4, 0.5) is 11.7 Å². The Morgan fingerprint density at radius 2 is 2.21 bits per heavy atom. The van der Waals surface area contributed by atoms with E-state index in [0.717, 1.165) is 11.3 Å². The molecule has 0 amide bonds. The van der Waals surface area contributed by atoms with Crippen molar-refractivity contribution in [1.29, 1.82) is 0 Å². The summed E-state index contributed by atoms with van der Waals surface area (Å²) in [5.74, 6) is 0.554. The van der Waals surface area contributed by atoms with Crippen LogP contribution in [0.15, 0.2) is 28.7 Å². The van der Waals surface area contributed by atoms with Gasteiger partial charge in [-0.2, -0.15) is 0 Å². The van der Waals surface area contributed by atoms with E-state index in [1.54, 1.807) is 7.11 Å². The quantitative estimate of drug-likeness (QED) is 0.831. The van der Waals surface area contributed by atoms with Crippen molar-refractivity contribution < 1.29 is 9.15 Å². The van der Waals surface area contributed by atoms with Crippen LogP contribution in [-0.2, 0) is 11.3 Å². The Morgan fingerprint density at radius 3 is 2.95 bits per heavy atom. The Bertz CT molecular complexity index is 527. The van der Waals surface area contributed by atoms with Crippen molar-refractivity contribution in [2.24, 2.45) is 0 Å². The summed E-state index contributed by atoms with van der Waals surface area (Å²) in [5.41, 5.74) is 1.97. The number of anilines is 2. The largest absolute Gasteiger partial charge is 0.406 e. The zero-order valence-electron chi connectivity index (χ0n) is 11.3. The average molecular weight is 262 g/mol. The first-order valence-corrected chi connectivity index (χ1v) is 6.08. The maximum Gasteiger partial charge on any atom is 0.320 e. The van der Waals surface area contributed by atoms with Crippen LogP contribution in [0.2, 0.25) is 0 Å². The Morgan fingerprint density at radius 1 is 1.37 bits per heavy atom. The third-order valence-corrected chi connectivity index (χ3v) is 2.73. The molecule has 0 saturated heterocycles. The third kappa shape index (κ3) is 3.52. The molecule has 1 unspecified atom stereocenters. The molecule has 1 aromatic carbocycles. The molecule has 6 heteroatoms. The molecule has 1 atom stereocenters. The zero-order chi connectivity index (χ0) is 13.7. The van der Waals surface area contributed by atoms with Crippen LogP contribution in [0.25, 0.3) is 0 Å². The second kappa shape index (κ2) is 6.31. The molecule has 0 fully saturated rings. The smallest absolute Gasteiger partial charge is 0.320 e. The molecule has 2 aromatic rings. The average Bonchev–Trinajstić information content (AvgIpc) is 2.87. The summed E-state index contributed by atoms with van der Waals surface area (Å²) in [6, 6.07) is 8.27. The van der Waals surface area contributed by atoms with E-state index in [0.29, 0.717) is 18.5 Å². The summed E-state index contributed by atoms with van der Waals surface area (Å²) >= 11 is 0. The van der Waals surface area contributed by atoms with Crippen LogP contribution in [0, 0.1) is 0 Å². The van der Waals surface area contributed by atoms with Crippen LogP contribution in [0.3, 0.4) is 0 Å². The molecule has 0 radical (unpaired) electrons. The molecule has 2 rings (SSSR count). The topological polar surface area (TPSA) is 72.2 Å². The van der Waals surface area contributed by atoms with Gasteiger partial charge in [-0.1, -0.05) is 17.2 Å². The van der Waals surface area contributed by atoms with Gasteiger partial charge in [0.25, 0.3) is 0 Å². The third-order valence-electron chi connectivity index (χ3n) is 2.73. The fourth-order valence-corrected chi connectivity index (χ4v) is 1.61. The lowest BCUT2D eigenvalue weighted by Crippen LogP contribution is -2.12. The first-order chi connectivity index (χ1) is 9.22. The van der Waals surface area contributed by atoms with E-state index in [4.69, 9.17) is 9.15 Å². The first kappa shape index (κ1) is 13.5. The van der Waals surface area contributed by atoms with Crippen molar-refractivity contribution in [2.75, 3.05) is 19.5 Å². The van der Waals surface area contributed by atoms with Gasteiger partial charge in [-0.15, -0.1) is 5.10 Å².